The fourth-order valence-electron chi connectivity index (χ4n) is 3.49. The molecule has 0 radical (unpaired) electrons. The number of benzene rings is 2. The van der Waals surface area contributed by atoms with Crippen molar-refractivity contribution in [3.63, 3.8) is 0 Å². The molecule has 5 nitrogen and oxygen atoms in total. The van der Waals surface area contributed by atoms with Crippen molar-refractivity contribution in [2.24, 2.45) is 5.73 Å². The van der Waals surface area contributed by atoms with Crippen LogP contribution in [0.4, 0.5) is 0 Å². The smallest absolute Gasteiger partial charge is 0.262 e. The third-order valence-corrected chi connectivity index (χ3v) is 6.11. The van der Waals surface area contributed by atoms with Crippen LogP contribution in [0.15, 0.2) is 53.3 Å². The van der Waals surface area contributed by atoms with Crippen LogP contribution in [-0.2, 0) is 24.2 Å². The van der Waals surface area contributed by atoms with E-state index in [2.05, 4.69) is 31.2 Å². The van der Waals surface area contributed by atoms with Gasteiger partial charge in [0.25, 0.3) is 5.56 Å². The predicted octanol–water partition coefficient (Wildman–Crippen LogP) is 3.64. The second-order valence-electron chi connectivity index (χ2n) is 6.80. The number of carbonyl (C=O) groups excluding carboxylic acids is 1. The first kappa shape index (κ1) is 18.4. The Balaban J connectivity index is 1.87. The van der Waals surface area contributed by atoms with Gasteiger partial charge in [0, 0.05) is 24.3 Å². The molecule has 0 saturated carbocycles. The third-order valence-electron chi connectivity index (χ3n) is 4.94. The lowest BCUT2D eigenvalue weighted by atomic mass is 10.0. The minimum Gasteiger partial charge on any atom is -0.370 e. The van der Waals surface area contributed by atoms with Gasteiger partial charge >= 0.3 is 0 Å². The maximum atomic E-state index is 13.1. The van der Waals surface area contributed by atoms with Gasteiger partial charge in [0.2, 0.25) is 5.91 Å². The van der Waals surface area contributed by atoms with Gasteiger partial charge in [0.05, 0.1) is 5.39 Å². The molecule has 2 heterocycles. The van der Waals surface area contributed by atoms with E-state index in [1.54, 1.807) is 15.9 Å². The van der Waals surface area contributed by atoms with Crippen LogP contribution in [0.2, 0.25) is 0 Å². The summed E-state index contributed by atoms with van der Waals surface area (Å²) in [5.74, 6) is 0.238. The zero-order valence-electron chi connectivity index (χ0n) is 15.6. The topological polar surface area (TPSA) is 78.0 Å². The number of nitrogens with two attached hydrogens (primary N) is 1. The van der Waals surface area contributed by atoms with E-state index in [1.807, 2.05) is 24.3 Å². The van der Waals surface area contributed by atoms with Crippen molar-refractivity contribution < 1.29 is 4.79 Å². The summed E-state index contributed by atoms with van der Waals surface area (Å²) in [6.45, 7) is 2.31. The van der Waals surface area contributed by atoms with E-state index >= 15 is 0 Å². The minimum absolute atomic E-state index is 0.0996. The number of hydrogen-bond donors (Lipinski definition) is 1. The number of carbonyl (C=O) groups is 1. The first-order valence-corrected chi connectivity index (χ1v) is 10.2. The highest BCUT2D eigenvalue weighted by atomic mass is 32.1. The Bertz CT molecular complexity index is 1230. The highest BCUT2D eigenvalue weighted by Gasteiger charge is 2.15. The Morgan fingerprint density at radius 3 is 2.71 bits per heavy atom. The van der Waals surface area contributed by atoms with E-state index in [0.717, 1.165) is 32.5 Å². The molecule has 2 aromatic heterocycles. The van der Waals surface area contributed by atoms with E-state index in [0.29, 0.717) is 17.6 Å². The van der Waals surface area contributed by atoms with Gasteiger partial charge in [-0.1, -0.05) is 49.4 Å². The van der Waals surface area contributed by atoms with Crippen LogP contribution in [0.25, 0.3) is 21.0 Å². The number of amides is 1. The number of aromatic nitrogens is 2. The number of hydrogen-bond acceptors (Lipinski definition) is 4. The van der Waals surface area contributed by atoms with E-state index < -0.39 is 5.91 Å². The molecule has 0 bridgehead atoms. The van der Waals surface area contributed by atoms with Crippen molar-refractivity contribution in [1.82, 2.24) is 9.55 Å². The lowest BCUT2D eigenvalue weighted by Crippen LogP contribution is -2.27. The highest BCUT2D eigenvalue weighted by Crippen LogP contribution is 2.25. The van der Waals surface area contributed by atoms with Crippen molar-refractivity contribution in [3.05, 3.63) is 75.1 Å². The average Bonchev–Trinajstić information content (AvgIpc) is 3.11. The molecule has 4 aromatic rings. The Morgan fingerprint density at radius 1 is 1.14 bits per heavy atom. The summed E-state index contributed by atoms with van der Waals surface area (Å²) in [4.78, 5) is 31.2. The quantitative estimate of drug-likeness (QED) is 0.545. The number of rotatable bonds is 6. The monoisotopic (exact) mass is 391 g/mol. The Labute approximate surface area is 166 Å². The molecule has 28 heavy (non-hydrogen) atoms. The zero-order chi connectivity index (χ0) is 19.7. The van der Waals surface area contributed by atoms with Gasteiger partial charge in [0.15, 0.2) is 0 Å². The van der Waals surface area contributed by atoms with Gasteiger partial charge in [-0.15, -0.1) is 11.3 Å². The molecule has 2 N–H and O–H groups in total. The molecule has 1 amide bonds. The van der Waals surface area contributed by atoms with E-state index in [-0.39, 0.29) is 18.5 Å². The predicted molar refractivity (Wildman–Crippen MR) is 114 cm³/mol. The molecule has 0 atom stereocenters. The van der Waals surface area contributed by atoms with Gasteiger partial charge in [-0.05, 0) is 28.8 Å². The van der Waals surface area contributed by atoms with Gasteiger partial charge in [-0.3, -0.25) is 14.2 Å². The highest BCUT2D eigenvalue weighted by molar-refractivity contribution is 7.18. The molecule has 0 aliphatic carbocycles. The number of thiophene rings is 1. The first-order chi connectivity index (χ1) is 13.6. The largest absolute Gasteiger partial charge is 0.370 e. The van der Waals surface area contributed by atoms with Crippen LogP contribution in [0.5, 0.6) is 0 Å². The number of aryl methyl sites for hydroxylation is 1. The normalized spacial score (nSPS) is 11.3. The van der Waals surface area contributed by atoms with Gasteiger partial charge in [0.1, 0.15) is 10.7 Å². The second kappa shape index (κ2) is 7.56. The van der Waals surface area contributed by atoms with E-state index in [4.69, 9.17) is 10.7 Å². The molecule has 142 valence electrons. The summed E-state index contributed by atoms with van der Waals surface area (Å²) in [7, 11) is 0. The summed E-state index contributed by atoms with van der Waals surface area (Å²) >= 11 is 1.56. The SMILES string of the molecule is CCc1cc2c(=O)n(CCC(N)=O)c(Cc3cccc4ccccc34)nc2s1. The Morgan fingerprint density at radius 2 is 1.93 bits per heavy atom. The summed E-state index contributed by atoms with van der Waals surface area (Å²) in [6, 6.07) is 16.2. The molecular weight excluding hydrogens is 370 g/mol. The van der Waals surface area contributed by atoms with Gasteiger partial charge in [-0.2, -0.15) is 0 Å². The van der Waals surface area contributed by atoms with Crippen molar-refractivity contribution in [3.8, 4) is 0 Å². The molecule has 2 aromatic carbocycles. The van der Waals surface area contributed by atoms with Crippen LogP contribution in [0, 0.1) is 0 Å². The Kier molecular flexibility index (Phi) is 4.96. The van der Waals surface area contributed by atoms with E-state index in [9.17, 15) is 9.59 Å². The van der Waals surface area contributed by atoms with Crippen molar-refractivity contribution in [1.29, 1.82) is 0 Å². The molecule has 0 unspecified atom stereocenters. The summed E-state index contributed by atoms with van der Waals surface area (Å²) in [5, 5.41) is 2.91. The van der Waals surface area contributed by atoms with Crippen LogP contribution in [0.3, 0.4) is 0 Å². The number of nitrogens with zero attached hydrogens (tertiary/aromatic N) is 2. The number of primary amides is 1. The summed E-state index contributed by atoms with van der Waals surface area (Å²) < 4.78 is 1.61. The summed E-state index contributed by atoms with van der Waals surface area (Å²) in [5.41, 5.74) is 6.33. The molecule has 4 rings (SSSR count). The van der Waals surface area contributed by atoms with Crippen molar-refractivity contribution in [2.45, 2.75) is 32.7 Å². The van der Waals surface area contributed by atoms with Crippen LogP contribution in [-0.4, -0.2) is 15.5 Å². The van der Waals surface area contributed by atoms with Crippen molar-refractivity contribution >= 4 is 38.2 Å². The number of fused-ring (bicyclic) bond motifs is 2. The Hall–Kier alpha value is -2.99. The average molecular weight is 391 g/mol. The fraction of sp³-hybridized carbons (Fsp3) is 0.227. The van der Waals surface area contributed by atoms with Crippen molar-refractivity contribution in [2.75, 3.05) is 0 Å². The zero-order valence-corrected chi connectivity index (χ0v) is 16.5. The lowest BCUT2D eigenvalue weighted by Gasteiger charge is -2.13. The van der Waals surface area contributed by atoms with Crippen LogP contribution >= 0.6 is 11.3 Å². The van der Waals surface area contributed by atoms with Gasteiger partial charge < -0.3 is 5.73 Å². The standard InChI is InChI=1S/C22H21N3O2S/c1-2-16-13-18-21(28-16)24-20(25(22(18)27)11-10-19(23)26)12-15-8-5-7-14-6-3-4-9-17(14)15/h3-9,13H,2,10-12H2,1H3,(H2,23,26). The fourth-order valence-corrected chi connectivity index (χ4v) is 4.46. The minimum atomic E-state index is -0.428. The summed E-state index contributed by atoms with van der Waals surface area (Å²) in [6.07, 6.45) is 1.49. The molecule has 0 saturated heterocycles. The molecule has 0 aliphatic heterocycles. The van der Waals surface area contributed by atoms with Gasteiger partial charge in [-0.25, -0.2) is 4.98 Å². The van der Waals surface area contributed by atoms with E-state index in [1.165, 1.54) is 0 Å². The maximum absolute atomic E-state index is 13.1. The maximum Gasteiger partial charge on any atom is 0.262 e. The third kappa shape index (κ3) is 3.43. The van der Waals surface area contributed by atoms with Crippen LogP contribution in [0.1, 0.15) is 29.6 Å². The first-order valence-electron chi connectivity index (χ1n) is 9.34. The molecule has 0 aliphatic rings. The molecular formula is C22H21N3O2S. The molecule has 0 spiro atoms. The van der Waals surface area contributed by atoms with Crippen LogP contribution < -0.4 is 11.3 Å². The second-order valence-corrected chi connectivity index (χ2v) is 7.92. The lowest BCUT2D eigenvalue weighted by molar-refractivity contribution is -0.118. The molecule has 6 heteroatoms. The molecule has 0 fully saturated rings.